The number of benzene rings is 1. The lowest BCUT2D eigenvalue weighted by Crippen LogP contribution is -2.38. The molecule has 1 unspecified atom stereocenters. The number of carbonyl (C=O) groups excluding carboxylic acids is 1. The SMILES string of the molecule is CCC(NC(=O)C(C)=C1CNC1)c1ccc(C)cc1. The van der Waals surface area contributed by atoms with Gasteiger partial charge in [-0.25, -0.2) is 0 Å². The zero-order valence-electron chi connectivity index (χ0n) is 11.9. The molecule has 3 nitrogen and oxygen atoms in total. The number of hydrogen-bond acceptors (Lipinski definition) is 2. The van der Waals surface area contributed by atoms with E-state index in [0.717, 1.165) is 25.1 Å². The van der Waals surface area contributed by atoms with E-state index >= 15 is 0 Å². The molecule has 0 bridgehead atoms. The van der Waals surface area contributed by atoms with Crippen LogP contribution in [0.5, 0.6) is 0 Å². The summed E-state index contributed by atoms with van der Waals surface area (Å²) in [5.41, 5.74) is 4.50. The maximum Gasteiger partial charge on any atom is 0.247 e. The molecule has 1 heterocycles. The number of nitrogens with one attached hydrogen (secondary N) is 2. The van der Waals surface area contributed by atoms with Crippen molar-refractivity contribution in [3.63, 3.8) is 0 Å². The largest absolute Gasteiger partial charge is 0.346 e. The van der Waals surface area contributed by atoms with E-state index < -0.39 is 0 Å². The van der Waals surface area contributed by atoms with Gasteiger partial charge in [0.2, 0.25) is 5.91 Å². The Balaban J connectivity index is 2.06. The molecule has 2 rings (SSSR count). The van der Waals surface area contributed by atoms with Crippen LogP contribution >= 0.6 is 0 Å². The second kappa shape index (κ2) is 6.02. The van der Waals surface area contributed by atoms with Crippen molar-refractivity contribution in [1.82, 2.24) is 10.6 Å². The molecule has 0 radical (unpaired) electrons. The van der Waals surface area contributed by atoms with Crippen molar-refractivity contribution in [2.45, 2.75) is 33.2 Å². The summed E-state index contributed by atoms with van der Waals surface area (Å²) in [5, 5.41) is 6.29. The summed E-state index contributed by atoms with van der Waals surface area (Å²) in [6.45, 7) is 7.77. The molecule has 0 aromatic heterocycles. The Bertz CT molecular complexity index is 482. The summed E-state index contributed by atoms with van der Waals surface area (Å²) in [7, 11) is 0. The van der Waals surface area contributed by atoms with E-state index in [0.29, 0.717) is 0 Å². The van der Waals surface area contributed by atoms with Gasteiger partial charge in [0.1, 0.15) is 0 Å². The fourth-order valence-electron chi connectivity index (χ4n) is 2.16. The molecule has 1 aliphatic rings. The van der Waals surface area contributed by atoms with Crippen LogP contribution in [0.15, 0.2) is 35.4 Å². The van der Waals surface area contributed by atoms with Gasteiger partial charge in [-0.2, -0.15) is 0 Å². The van der Waals surface area contributed by atoms with Crippen LogP contribution in [0, 0.1) is 6.92 Å². The van der Waals surface area contributed by atoms with Crippen molar-refractivity contribution in [2.75, 3.05) is 13.1 Å². The van der Waals surface area contributed by atoms with Gasteiger partial charge < -0.3 is 10.6 Å². The zero-order chi connectivity index (χ0) is 13.8. The monoisotopic (exact) mass is 258 g/mol. The smallest absolute Gasteiger partial charge is 0.247 e. The normalized spacial score (nSPS) is 15.6. The molecule has 1 fully saturated rings. The van der Waals surface area contributed by atoms with E-state index in [-0.39, 0.29) is 11.9 Å². The van der Waals surface area contributed by atoms with Gasteiger partial charge >= 0.3 is 0 Å². The molecule has 1 atom stereocenters. The van der Waals surface area contributed by atoms with Crippen LogP contribution in [-0.4, -0.2) is 19.0 Å². The molecule has 19 heavy (non-hydrogen) atoms. The van der Waals surface area contributed by atoms with Crippen LogP contribution in [-0.2, 0) is 4.79 Å². The number of rotatable bonds is 4. The highest BCUT2D eigenvalue weighted by Gasteiger charge is 2.18. The van der Waals surface area contributed by atoms with Gasteiger partial charge in [0, 0.05) is 18.7 Å². The Morgan fingerprint density at radius 2 is 1.95 bits per heavy atom. The van der Waals surface area contributed by atoms with Gasteiger partial charge in [-0.3, -0.25) is 4.79 Å². The third kappa shape index (κ3) is 3.24. The third-order valence-electron chi connectivity index (χ3n) is 3.74. The average molecular weight is 258 g/mol. The molecular formula is C16H22N2O. The minimum absolute atomic E-state index is 0.0592. The van der Waals surface area contributed by atoms with E-state index in [4.69, 9.17) is 0 Å². The zero-order valence-corrected chi connectivity index (χ0v) is 11.9. The van der Waals surface area contributed by atoms with Gasteiger partial charge in [-0.1, -0.05) is 36.8 Å². The first-order valence-corrected chi connectivity index (χ1v) is 6.88. The van der Waals surface area contributed by atoms with E-state index in [1.807, 2.05) is 6.92 Å². The van der Waals surface area contributed by atoms with Crippen LogP contribution in [0.25, 0.3) is 0 Å². The van der Waals surface area contributed by atoms with Crippen molar-refractivity contribution in [3.05, 3.63) is 46.5 Å². The summed E-state index contributed by atoms with van der Waals surface area (Å²) in [6, 6.07) is 8.46. The minimum Gasteiger partial charge on any atom is -0.346 e. The van der Waals surface area contributed by atoms with Crippen molar-refractivity contribution >= 4 is 5.91 Å². The molecule has 1 saturated heterocycles. The van der Waals surface area contributed by atoms with E-state index in [2.05, 4.69) is 48.7 Å². The lowest BCUT2D eigenvalue weighted by atomic mass is 10.0. The fourth-order valence-corrected chi connectivity index (χ4v) is 2.16. The van der Waals surface area contributed by atoms with Crippen LogP contribution in [0.2, 0.25) is 0 Å². The molecule has 0 saturated carbocycles. The third-order valence-corrected chi connectivity index (χ3v) is 3.74. The average Bonchev–Trinajstić information content (AvgIpc) is 2.34. The molecule has 0 aliphatic carbocycles. The van der Waals surface area contributed by atoms with Gasteiger partial charge in [0.15, 0.2) is 0 Å². The number of hydrogen-bond donors (Lipinski definition) is 2. The van der Waals surface area contributed by atoms with Crippen molar-refractivity contribution in [1.29, 1.82) is 0 Å². The Kier molecular flexibility index (Phi) is 4.38. The van der Waals surface area contributed by atoms with Gasteiger partial charge in [0.25, 0.3) is 0 Å². The first kappa shape index (κ1) is 13.8. The van der Waals surface area contributed by atoms with Crippen LogP contribution < -0.4 is 10.6 Å². The van der Waals surface area contributed by atoms with Gasteiger partial charge in [-0.15, -0.1) is 0 Å². The Morgan fingerprint density at radius 3 is 2.42 bits per heavy atom. The highest BCUT2D eigenvalue weighted by Crippen LogP contribution is 2.18. The number of amides is 1. The summed E-state index contributed by atoms with van der Waals surface area (Å²) in [4.78, 5) is 12.2. The quantitative estimate of drug-likeness (QED) is 0.815. The summed E-state index contributed by atoms with van der Waals surface area (Å²) in [5.74, 6) is 0.0592. The molecule has 1 amide bonds. The highest BCUT2D eigenvalue weighted by molar-refractivity contribution is 5.94. The van der Waals surface area contributed by atoms with Gasteiger partial charge in [-0.05, 0) is 31.4 Å². The first-order chi connectivity index (χ1) is 9.11. The highest BCUT2D eigenvalue weighted by atomic mass is 16.1. The molecule has 0 spiro atoms. The Hall–Kier alpha value is -1.61. The van der Waals surface area contributed by atoms with Crippen LogP contribution in [0.4, 0.5) is 0 Å². The second-order valence-corrected chi connectivity index (χ2v) is 5.18. The van der Waals surface area contributed by atoms with Crippen molar-refractivity contribution in [2.24, 2.45) is 0 Å². The Morgan fingerprint density at radius 1 is 1.32 bits per heavy atom. The van der Waals surface area contributed by atoms with E-state index in [1.165, 1.54) is 16.7 Å². The van der Waals surface area contributed by atoms with Gasteiger partial charge in [0.05, 0.1) is 6.04 Å². The standard InChI is InChI=1S/C16H22N2O/c1-4-15(13-7-5-11(2)6-8-13)18-16(19)12(3)14-9-17-10-14/h5-8,15,17H,4,9-10H2,1-3H3,(H,18,19). The second-order valence-electron chi connectivity index (χ2n) is 5.18. The lowest BCUT2D eigenvalue weighted by Gasteiger charge is -2.23. The maximum atomic E-state index is 12.2. The van der Waals surface area contributed by atoms with Crippen LogP contribution in [0.3, 0.4) is 0 Å². The molecule has 3 heteroatoms. The molecule has 2 N–H and O–H groups in total. The number of aryl methyl sites for hydroxylation is 1. The molecule has 1 aliphatic heterocycles. The molecule has 1 aromatic rings. The summed E-state index contributed by atoms with van der Waals surface area (Å²) >= 11 is 0. The predicted octanol–water partition coefficient (Wildman–Crippen LogP) is 2.48. The van der Waals surface area contributed by atoms with E-state index in [9.17, 15) is 4.79 Å². The lowest BCUT2D eigenvalue weighted by molar-refractivity contribution is -0.118. The molecule has 1 aromatic carbocycles. The molecular weight excluding hydrogens is 236 g/mol. The topological polar surface area (TPSA) is 41.1 Å². The Labute approximate surface area is 115 Å². The van der Waals surface area contributed by atoms with E-state index in [1.54, 1.807) is 0 Å². The molecule has 102 valence electrons. The summed E-state index contributed by atoms with van der Waals surface area (Å²) in [6.07, 6.45) is 0.898. The number of carbonyl (C=O) groups is 1. The maximum absolute atomic E-state index is 12.2. The summed E-state index contributed by atoms with van der Waals surface area (Å²) < 4.78 is 0. The van der Waals surface area contributed by atoms with Crippen LogP contribution in [0.1, 0.15) is 37.4 Å². The fraction of sp³-hybridized carbons (Fsp3) is 0.438. The predicted molar refractivity (Wildman–Crippen MR) is 77.9 cm³/mol. The van der Waals surface area contributed by atoms with Crippen molar-refractivity contribution in [3.8, 4) is 0 Å². The van der Waals surface area contributed by atoms with Crippen molar-refractivity contribution < 1.29 is 4.79 Å². The minimum atomic E-state index is 0.0592. The first-order valence-electron chi connectivity index (χ1n) is 6.88.